The highest BCUT2D eigenvalue weighted by atomic mass is 16.5. The van der Waals surface area contributed by atoms with E-state index in [2.05, 4.69) is 15.7 Å². The summed E-state index contributed by atoms with van der Waals surface area (Å²) in [5, 5.41) is 9.92. The summed E-state index contributed by atoms with van der Waals surface area (Å²) in [4.78, 5) is 23.6. The van der Waals surface area contributed by atoms with E-state index in [4.69, 9.17) is 4.74 Å². The second-order valence-corrected chi connectivity index (χ2v) is 5.98. The van der Waals surface area contributed by atoms with Crippen LogP contribution in [0.3, 0.4) is 0 Å². The van der Waals surface area contributed by atoms with E-state index < -0.39 is 0 Å². The molecule has 1 aromatic heterocycles. The normalized spacial score (nSPS) is 10.3. The van der Waals surface area contributed by atoms with Crippen LogP contribution in [-0.2, 0) is 11.8 Å². The average Bonchev–Trinajstić information content (AvgIpc) is 3.05. The number of rotatable bonds is 5. The minimum absolute atomic E-state index is 0.146. The van der Waals surface area contributed by atoms with Crippen LogP contribution >= 0.6 is 0 Å². The number of nitrogens with zero attached hydrogens (tertiary/aromatic N) is 2. The number of methoxy groups -OCH3 is 1. The van der Waals surface area contributed by atoms with E-state index >= 15 is 0 Å². The average molecular weight is 364 g/mol. The summed E-state index contributed by atoms with van der Waals surface area (Å²) in [6, 6.07) is 16.1. The number of hydrogen-bond donors (Lipinski definition) is 2. The van der Waals surface area contributed by atoms with Gasteiger partial charge in [0, 0.05) is 30.9 Å². The predicted molar refractivity (Wildman–Crippen MR) is 104 cm³/mol. The third-order valence-corrected chi connectivity index (χ3v) is 3.96. The Morgan fingerprint density at radius 1 is 0.963 bits per heavy atom. The second kappa shape index (κ2) is 7.74. The Bertz CT molecular complexity index is 960. The van der Waals surface area contributed by atoms with Crippen molar-refractivity contribution < 1.29 is 14.3 Å². The molecular weight excluding hydrogens is 344 g/mol. The number of carbonyl (C=O) groups is 2. The van der Waals surface area contributed by atoms with E-state index in [-0.39, 0.29) is 11.8 Å². The van der Waals surface area contributed by atoms with Gasteiger partial charge in [-0.05, 0) is 54.6 Å². The molecule has 7 nitrogen and oxygen atoms in total. The smallest absolute Gasteiger partial charge is 0.273 e. The molecule has 0 spiro atoms. The molecule has 0 radical (unpaired) electrons. The monoisotopic (exact) mass is 364 g/mol. The summed E-state index contributed by atoms with van der Waals surface area (Å²) in [6.45, 7) is 1.44. The first-order valence-corrected chi connectivity index (χ1v) is 8.34. The second-order valence-electron chi connectivity index (χ2n) is 5.98. The molecule has 0 aliphatic rings. The summed E-state index contributed by atoms with van der Waals surface area (Å²) < 4.78 is 6.70. The summed E-state index contributed by atoms with van der Waals surface area (Å²) in [6.07, 6.45) is 0. The molecular formula is C20H20N4O3. The largest absolute Gasteiger partial charge is 0.497 e. The number of aryl methyl sites for hydroxylation is 1. The molecule has 0 aliphatic heterocycles. The lowest BCUT2D eigenvalue weighted by Crippen LogP contribution is -2.16. The first-order valence-electron chi connectivity index (χ1n) is 8.34. The fourth-order valence-electron chi connectivity index (χ4n) is 2.62. The van der Waals surface area contributed by atoms with Crippen molar-refractivity contribution in [2.45, 2.75) is 6.92 Å². The Hall–Kier alpha value is -3.61. The van der Waals surface area contributed by atoms with Gasteiger partial charge < -0.3 is 15.4 Å². The van der Waals surface area contributed by atoms with Crippen molar-refractivity contribution in [1.29, 1.82) is 0 Å². The van der Waals surface area contributed by atoms with Gasteiger partial charge in [0.05, 0.1) is 12.8 Å². The Morgan fingerprint density at radius 2 is 1.56 bits per heavy atom. The Kier molecular flexibility index (Phi) is 5.21. The minimum atomic E-state index is -0.267. The standard InChI is InChI=1S/C20H20N4O3/c1-13(25)21-15-6-8-16(9-7-15)22-20(26)19-12-18(23-24(19)2)14-4-10-17(27-3)11-5-14/h4-12H,1-3H3,(H,21,25)(H,22,26). The maximum Gasteiger partial charge on any atom is 0.273 e. The first-order chi connectivity index (χ1) is 13.0. The molecule has 0 atom stereocenters. The number of anilines is 2. The SMILES string of the molecule is COc1ccc(-c2cc(C(=O)Nc3ccc(NC(C)=O)cc3)n(C)n2)cc1. The Morgan fingerprint density at radius 3 is 2.11 bits per heavy atom. The zero-order chi connectivity index (χ0) is 19.4. The van der Waals surface area contributed by atoms with Gasteiger partial charge in [-0.2, -0.15) is 5.10 Å². The topological polar surface area (TPSA) is 85.3 Å². The highest BCUT2D eigenvalue weighted by molar-refractivity contribution is 6.03. The maximum atomic E-state index is 12.6. The molecule has 0 bridgehead atoms. The third-order valence-electron chi connectivity index (χ3n) is 3.96. The lowest BCUT2D eigenvalue weighted by molar-refractivity contribution is -0.114. The van der Waals surface area contributed by atoms with Gasteiger partial charge in [0.25, 0.3) is 5.91 Å². The lowest BCUT2D eigenvalue weighted by Gasteiger charge is -2.07. The molecule has 27 heavy (non-hydrogen) atoms. The van der Waals surface area contributed by atoms with Gasteiger partial charge in [-0.25, -0.2) is 0 Å². The van der Waals surface area contributed by atoms with Gasteiger partial charge in [0.15, 0.2) is 0 Å². The molecule has 2 N–H and O–H groups in total. The van der Waals surface area contributed by atoms with Crippen LogP contribution < -0.4 is 15.4 Å². The van der Waals surface area contributed by atoms with Crippen molar-refractivity contribution in [3.63, 3.8) is 0 Å². The molecule has 2 aromatic carbocycles. The van der Waals surface area contributed by atoms with Crippen LogP contribution in [0.4, 0.5) is 11.4 Å². The molecule has 0 fully saturated rings. The van der Waals surface area contributed by atoms with Crippen LogP contribution in [0.25, 0.3) is 11.3 Å². The van der Waals surface area contributed by atoms with Gasteiger partial charge in [0.2, 0.25) is 5.91 Å². The summed E-state index contributed by atoms with van der Waals surface area (Å²) in [5.74, 6) is 0.347. The number of benzene rings is 2. The molecule has 2 amide bonds. The lowest BCUT2D eigenvalue weighted by atomic mass is 10.1. The van der Waals surface area contributed by atoms with E-state index in [1.54, 1.807) is 49.2 Å². The zero-order valence-electron chi connectivity index (χ0n) is 15.3. The number of aromatic nitrogens is 2. The van der Waals surface area contributed by atoms with Crippen LogP contribution in [0, 0.1) is 0 Å². The molecule has 3 aromatic rings. The number of ether oxygens (including phenoxy) is 1. The van der Waals surface area contributed by atoms with Crippen LogP contribution in [0.5, 0.6) is 5.75 Å². The van der Waals surface area contributed by atoms with Gasteiger partial charge in [-0.1, -0.05) is 0 Å². The number of amides is 2. The Balaban J connectivity index is 1.75. The molecule has 1 heterocycles. The van der Waals surface area contributed by atoms with E-state index in [0.717, 1.165) is 11.3 Å². The summed E-state index contributed by atoms with van der Waals surface area (Å²) in [7, 11) is 3.34. The van der Waals surface area contributed by atoms with Crippen molar-refractivity contribution in [2.75, 3.05) is 17.7 Å². The third kappa shape index (κ3) is 4.33. The van der Waals surface area contributed by atoms with E-state index in [0.29, 0.717) is 22.8 Å². The minimum Gasteiger partial charge on any atom is -0.497 e. The fraction of sp³-hybridized carbons (Fsp3) is 0.150. The van der Waals surface area contributed by atoms with Crippen molar-refractivity contribution in [3.05, 3.63) is 60.3 Å². The maximum absolute atomic E-state index is 12.6. The van der Waals surface area contributed by atoms with Gasteiger partial charge in [-0.15, -0.1) is 0 Å². The Labute approximate surface area is 157 Å². The van der Waals surface area contributed by atoms with Gasteiger partial charge in [0.1, 0.15) is 11.4 Å². The molecule has 0 saturated heterocycles. The van der Waals surface area contributed by atoms with Gasteiger partial charge in [-0.3, -0.25) is 14.3 Å². The van der Waals surface area contributed by atoms with Crippen molar-refractivity contribution in [2.24, 2.45) is 7.05 Å². The number of nitrogens with one attached hydrogen (secondary N) is 2. The molecule has 3 rings (SSSR count). The van der Waals surface area contributed by atoms with Crippen LogP contribution in [0.1, 0.15) is 17.4 Å². The van der Waals surface area contributed by atoms with E-state index in [9.17, 15) is 9.59 Å². The molecule has 0 saturated carbocycles. The molecule has 0 aliphatic carbocycles. The zero-order valence-corrected chi connectivity index (χ0v) is 15.3. The van der Waals surface area contributed by atoms with Crippen molar-refractivity contribution in [3.8, 4) is 17.0 Å². The predicted octanol–water partition coefficient (Wildman–Crippen LogP) is 3.31. The van der Waals surface area contributed by atoms with Crippen LogP contribution in [0.2, 0.25) is 0 Å². The van der Waals surface area contributed by atoms with Crippen molar-refractivity contribution in [1.82, 2.24) is 9.78 Å². The van der Waals surface area contributed by atoms with Crippen molar-refractivity contribution >= 4 is 23.2 Å². The quantitative estimate of drug-likeness (QED) is 0.727. The molecule has 0 unspecified atom stereocenters. The van der Waals surface area contributed by atoms with Gasteiger partial charge >= 0.3 is 0 Å². The van der Waals surface area contributed by atoms with E-state index in [1.165, 1.54) is 6.92 Å². The fourth-order valence-corrected chi connectivity index (χ4v) is 2.62. The first kappa shape index (κ1) is 18.2. The summed E-state index contributed by atoms with van der Waals surface area (Å²) in [5.41, 5.74) is 3.33. The number of carbonyl (C=O) groups excluding carboxylic acids is 2. The van der Waals surface area contributed by atoms with Crippen LogP contribution in [-0.4, -0.2) is 28.7 Å². The highest BCUT2D eigenvalue weighted by Gasteiger charge is 2.14. The van der Waals surface area contributed by atoms with E-state index in [1.807, 2.05) is 24.3 Å². The molecule has 138 valence electrons. The number of hydrogen-bond acceptors (Lipinski definition) is 4. The summed E-state index contributed by atoms with van der Waals surface area (Å²) >= 11 is 0. The molecule has 7 heteroatoms. The van der Waals surface area contributed by atoms with Crippen LogP contribution in [0.15, 0.2) is 54.6 Å². The highest BCUT2D eigenvalue weighted by Crippen LogP contribution is 2.22.